The molecular formula is C16H25NO. The second-order valence-electron chi connectivity index (χ2n) is 5.77. The molecule has 1 N–H and O–H groups in total. The third kappa shape index (κ3) is 3.55. The summed E-state index contributed by atoms with van der Waals surface area (Å²) >= 11 is 0. The van der Waals surface area contributed by atoms with Crippen molar-refractivity contribution in [3.8, 4) is 0 Å². The van der Waals surface area contributed by atoms with Gasteiger partial charge in [0.1, 0.15) is 0 Å². The Morgan fingerprint density at radius 1 is 1.33 bits per heavy atom. The van der Waals surface area contributed by atoms with Crippen LogP contribution >= 0.6 is 0 Å². The smallest absolute Gasteiger partial charge is 0.0572 e. The van der Waals surface area contributed by atoms with Crippen LogP contribution in [0.5, 0.6) is 0 Å². The normalized spacial score (nSPS) is 28.3. The van der Waals surface area contributed by atoms with Gasteiger partial charge in [-0.25, -0.2) is 0 Å². The second-order valence-corrected chi connectivity index (χ2v) is 5.77. The summed E-state index contributed by atoms with van der Waals surface area (Å²) in [6.45, 7) is 4.28. The van der Waals surface area contributed by atoms with Crippen LogP contribution in [0.1, 0.15) is 50.4 Å². The van der Waals surface area contributed by atoms with E-state index in [0.717, 1.165) is 30.1 Å². The quantitative estimate of drug-likeness (QED) is 0.883. The van der Waals surface area contributed by atoms with Crippen LogP contribution in [0.4, 0.5) is 0 Å². The van der Waals surface area contributed by atoms with Crippen LogP contribution in [0.25, 0.3) is 0 Å². The van der Waals surface area contributed by atoms with Crippen molar-refractivity contribution in [3.63, 3.8) is 0 Å². The number of aromatic nitrogens is 1. The van der Waals surface area contributed by atoms with Gasteiger partial charge in [0, 0.05) is 11.4 Å². The third-order valence-corrected chi connectivity index (χ3v) is 4.17. The third-order valence-electron chi connectivity index (χ3n) is 4.17. The Hall–Kier alpha value is -0.890. The number of aryl methyl sites for hydroxylation is 1. The van der Waals surface area contributed by atoms with E-state index < -0.39 is 0 Å². The zero-order valence-electron chi connectivity index (χ0n) is 11.6. The van der Waals surface area contributed by atoms with Gasteiger partial charge in [-0.15, -0.1) is 0 Å². The molecule has 18 heavy (non-hydrogen) atoms. The van der Waals surface area contributed by atoms with Gasteiger partial charge in [-0.1, -0.05) is 25.8 Å². The Bertz CT molecular complexity index is 377. The molecule has 1 aliphatic carbocycles. The average Bonchev–Trinajstić information content (AvgIpc) is 2.34. The first-order valence-corrected chi connectivity index (χ1v) is 7.29. The summed E-state index contributed by atoms with van der Waals surface area (Å²) in [7, 11) is 0. The largest absolute Gasteiger partial charge is 0.393 e. The molecule has 1 fully saturated rings. The van der Waals surface area contributed by atoms with Crippen molar-refractivity contribution in [1.29, 1.82) is 0 Å². The van der Waals surface area contributed by atoms with Gasteiger partial charge < -0.3 is 5.11 Å². The molecule has 3 unspecified atom stereocenters. The van der Waals surface area contributed by atoms with Gasteiger partial charge in [0.25, 0.3) is 0 Å². The number of nitrogens with zero attached hydrogens (tertiary/aromatic N) is 1. The van der Waals surface area contributed by atoms with Crippen LogP contribution in [0.2, 0.25) is 0 Å². The molecule has 1 aromatic heterocycles. The van der Waals surface area contributed by atoms with Crippen LogP contribution in [-0.2, 0) is 6.42 Å². The van der Waals surface area contributed by atoms with Gasteiger partial charge in [0.2, 0.25) is 0 Å². The topological polar surface area (TPSA) is 33.1 Å². The van der Waals surface area contributed by atoms with Crippen LogP contribution in [0.15, 0.2) is 18.2 Å². The summed E-state index contributed by atoms with van der Waals surface area (Å²) in [5, 5.41) is 10.2. The SMILES string of the molecule is CCCC1CCC(O)C(Cc2cccc(C)n2)C1. The van der Waals surface area contributed by atoms with E-state index in [1.807, 2.05) is 13.0 Å². The van der Waals surface area contributed by atoms with Crippen molar-refractivity contribution < 1.29 is 5.11 Å². The van der Waals surface area contributed by atoms with Crippen molar-refractivity contribution in [2.45, 2.75) is 58.5 Å². The molecule has 2 rings (SSSR count). The molecular weight excluding hydrogens is 222 g/mol. The number of hydrogen-bond acceptors (Lipinski definition) is 2. The highest BCUT2D eigenvalue weighted by atomic mass is 16.3. The summed E-state index contributed by atoms with van der Waals surface area (Å²) in [4.78, 5) is 4.56. The lowest BCUT2D eigenvalue weighted by atomic mass is 9.76. The van der Waals surface area contributed by atoms with Crippen molar-refractivity contribution in [2.75, 3.05) is 0 Å². The highest BCUT2D eigenvalue weighted by Gasteiger charge is 2.28. The molecule has 0 amide bonds. The van der Waals surface area contributed by atoms with E-state index >= 15 is 0 Å². The first-order valence-electron chi connectivity index (χ1n) is 7.29. The highest BCUT2D eigenvalue weighted by molar-refractivity contribution is 5.11. The number of rotatable bonds is 4. The van der Waals surface area contributed by atoms with Gasteiger partial charge in [-0.3, -0.25) is 4.98 Å². The second kappa shape index (κ2) is 6.33. The summed E-state index contributed by atoms with van der Waals surface area (Å²) in [6.07, 6.45) is 6.72. The maximum Gasteiger partial charge on any atom is 0.0572 e. The number of aliphatic hydroxyl groups excluding tert-OH is 1. The molecule has 0 aliphatic heterocycles. The number of hydrogen-bond donors (Lipinski definition) is 1. The summed E-state index contributed by atoms with van der Waals surface area (Å²) < 4.78 is 0. The van der Waals surface area contributed by atoms with Gasteiger partial charge in [0.05, 0.1) is 6.10 Å². The molecule has 0 saturated heterocycles. The van der Waals surface area contributed by atoms with E-state index in [-0.39, 0.29) is 6.10 Å². The minimum atomic E-state index is -0.125. The highest BCUT2D eigenvalue weighted by Crippen LogP contribution is 2.33. The molecule has 100 valence electrons. The first-order chi connectivity index (χ1) is 8.69. The van der Waals surface area contributed by atoms with E-state index in [1.165, 1.54) is 25.7 Å². The molecule has 2 heteroatoms. The fourth-order valence-corrected chi connectivity index (χ4v) is 3.22. The fraction of sp³-hybridized carbons (Fsp3) is 0.688. The van der Waals surface area contributed by atoms with Gasteiger partial charge in [0.15, 0.2) is 0 Å². The van der Waals surface area contributed by atoms with Gasteiger partial charge in [-0.05, 0) is 56.6 Å². The monoisotopic (exact) mass is 247 g/mol. The maximum atomic E-state index is 10.2. The summed E-state index contributed by atoms with van der Waals surface area (Å²) in [6, 6.07) is 6.18. The minimum Gasteiger partial charge on any atom is -0.393 e. The lowest BCUT2D eigenvalue weighted by Gasteiger charge is -2.33. The minimum absolute atomic E-state index is 0.125. The molecule has 0 spiro atoms. The number of aliphatic hydroxyl groups is 1. The van der Waals surface area contributed by atoms with Crippen molar-refractivity contribution in [1.82, 2.24) is 4.98 Å². The summed E-state index contributed by atoms with van der Waals surface area (Å²) in [5.41, 5.74) is 2.21. The van der Waals surface area contributed by atoms with Crippen LogP contribution in [-0.4, -0.2) is 16.2 Å². The molecule has 1 aliphatic rings. The maximum absolute atomic E-state index is 10.2. The van der Waals surface area contributed by atoms with E-state index in [4.69, 9.17) is 0 Å². The number of pyridine rings is 1. The molecule has 2 nitrogen and oxygen atoms in total. The molecule has 0 aromatic carbocycles. The van der Waals surface area contributed by atoms with E-state index in [9.17, 15) is 5.11 Å². The zero-order valence-corrected chi connectivity index (χ0v) is 11.6. The fourth-order valence-electron chi connectivity index (χ4n) is 3.22. The molecule has 0 radical (unpaired) electrons. The Labute approximate surface area is 110 Å². The molecule has 1 aromatic rings. The molecule has 1 saturated carbocycles. The molecule has 3 atom stereocenters. The van der Waals surface area contributed by atoms with E-state index in [1.54, 1.807) is 0 Å². The Kier molecular flexibility index (Phi) is 4.76. The molecule has 0 bridgehead atoms. The zero-order chi connectivity index (χ0) is 13.0. The van der Waals surface area contributed by atoms with Gasteiger partial charge >= 0.3 is 0 Å². The van der Waals surface area contributed by atoms with Gasteiger partial charge in [-0.2, -0.15) is 0 Å². The average molecular weight is 247 g/mol. The van der Waals surface area contributed by atoms with Crippen LogP contribution in [0.3, 0.4) is 0 Å². The standard InChI is InChI=1S/C16H25NO/c1-3-5-13-8-9-16(18)14(10-13)11-15-7-4-6-12(2)17-15/h4,6-7,13-14,16,18H,3,5,8-11H2,1-2H3. The van der Waals surface area contributed by atoms with Crippen LogP contribution < -0.4 is 0 Å². The predicted molar refractivity (Wildman–Crippen MR) is 74.4 cm³/mol. The Morgan fingerprint density at radius 3 is 2.89 bits per heavy atom. The summed E-state index contributed by atoms with van der Waals surface area (Å²) in [5.74, 6) is 1.22. The predicted octanol–water partition coefficient (Wildman–Crippen LogP) is 3.51. The van der Waals surface area contributed by atoms with Crippen LogP contribution in [0, 0.1) is 18.8 Å². The molecule has 1 heterocycles. The Balaban J connectivity index is 1.98. The lowest BCUT2D eigenvalue weighted by Crippen LogP contribution is -2.30. The first kappa shape index (κ1) is 13.5. The van der Waals surface area contributed by atoms with Crippen molar-refractivity contribution >= 4 is 0 Å². The lowest BCUT2D eigenvalue weighted by molar-refractivity contribution is 0.0458. The Morgan fingerprint density at radius 2 is 2.17 bits per heavy atom. The van der Waals surface area contributed by atoms with Crippen molar-refractivity contribution in [3.05, 3.63) is 29.6 Å². The van der Waals surface area contributed by atoms with E-state index in [2.05, 4.69) is 24.0 Å². The van der Waals surface area contributed by atoms with E-state index in [0.29, 0.717) is 5.92 Å². The van der Waals surface area contributed by atoms with Crippen molar-refractivity contribution in [2.24, 2.45) is 11.8 Å².